The van der Waals surface area contributed by atoms with E-state index in [1.807, 2.05) is 49.5 Å². The number of carbonyl (C=O) groups is 2. The molecule has 1 atom stereocenters. The maximum absolute atomic E-state index is 13.6. The molecule has 0 fully saturated rings. The van der Waals surface area contributed by atoms with Crippen LogP contribution in [-0.4, -0.2) is 33.6 Å². The van der Waals surface area contributed by atoms with Crippen molar-refractivity contribution in [1.29, 1.82) is 0 Å². The van der Waals surface area contributed by atoms with Crippen LogP contribution in [0, 0.1) is 5.92 Å². The second kappa shape index (κ2) is 9.59. The van der Waals surface area contributed by atoms with Crippen LogP contribution < -0.4 is 5.32 Å². The molecule has 168 valence electrons. The number of rotatable bonds is 6. The Balaban J connectivity index is 1.82. The molecule has 2 heterocycles. The van der Waals surface area contributed by atoms with Gasteiger partial charge < -0.3 is 14.8 Å². The summed E-state index contributed by atoms with van der Waals surface area (Å²) >= 11 is 7.93. The molecule has 0 unspecified atom stereocenters. The lowest BCUT2D eigenvalue weighted by Gasteiger charge is -2.30. The Kier molecular flexibility index (Phi) is 6.82. The van der Waals surface area contributed by atoms with Crippen LogP contribution in [0.2, 0.25) is 5.02 Å². The summed E-state index contributed by atoms with van der Waals surface area (Å²) in [5.41, 5.74) is 2.78. The van der Waals surface area contributed by atoms with Gasteiger partial charge in [-0.05, 0) is 30.0 Å². The van der Waals surface area contributed by atoms with Crippen LogP contribution in [-0.2, 0) is 23.2 Å². The number of hydrogen-bond donors (Lipinski definition) is 1. The van der Waals surface area contributed by atoms with Crippen molar-refractivity contribution >= 4 is 46.1 Å². The molecule has 0 radical (unpaired) electrons. The van der Waals surface area contributed by atoms with E-state index in [0.29, 0.717) is 17.5 Å². The highest BCUT2D eigenvalue weighted by atomic mass is 35.5. The smallest absolute Gasteiger partial charge is 0.247 e. The molecule has 0 saturated carbocycles. The van der Waals surface area contributed by atoms with Gasteiger partial charge in [0, 0.05) is 41.6 Å². The van der Waals surface area contributed by atoms with Crippen molar-refractivity contribution in [2.75, 3.05) is 12.3 Å². The standard InChI is InChI=1S/C25H28ClN3O2S/c1-16(2)12-13-27-24(31)23-22-18-9-5-7-11-20(18)28(3)25(22)32-15-21(30)29(23)14-17-8-4-6-10-19(17)26/h4-11,16,23H,12-15H2,1-3H3,(H,27,31)/t23-/m0/s1. The van der Waals surface area contributed by atoms with Gasteiger partial charge in [0.2, 0.25) is 11.8 Å². The Hall–Kier alpha value is -2.44. The van der Waals surface area contributed by atoms with Gasteiger partial charge in [0.15, 0.2) is 0 Å². The molecule has 0 spiro atoms. The third-order valence-electron chi connectivity index (χ3n) is 5.90. The van der Waals surface area contributed by atoms with Crippen molar-refractivity contribution < 1.29 is 9.59 Å². The van der Waals surface area contributed by atoms with Crippen molar-refractivity contribution in [3.05, 3.63) is 64.7 Å². The average molecular weight is 470 g/mol. The van der Waals surface area contributed by atoms with Crippen LogP contribution in [0.15, 0.2) is 53.6 Å². The minimum atomic E-state index is -0.720. The molecule has 1 N–H and O–H groups in total. The minimum absolute atomic E-state index is 0.0702. The van der Waals surface area contributed by atoms with Gasteiger partial charge >= 0.3 is 0 Å². The van der Waals surface area contributed by atoms with Crippen LogP contribution in [0.5, 0.6) is 0 Å². The van der Waals surface area contributed by atoms with Crippen LogP contribution >= 0.6 is 23.4 Å². The number of para-hydroxylation sites is 1. The number of carbonyl (C=O) groups excluding carboxylic acids is 2. The molecular weight excluding hydrogens is 442 g/mol. The quantitative estimate of drug-likeness (QED) is 0.541. The first-order valence-electron chi connectivity index (χ1n) is 10.9. The largest absolute Gasteiger partial charge is 0.354 e. The van der Waals surface area contributed by atoms with E-state index < -0.39 is 6.04 Å². The second-order valence-electron chi connectivity index (χ2n) is 8.57. The van der Waals surface area contributed by atoms with Gasteiger partial charge in [0.25, 0.3) is 0 Å². The van der Waals surface area contributed by atoms with E-state index in [-0.39, 0.29) is 24.1 Å². The van der Waals surface area contributed by atoms with Crippen molar-refractivity contribution in [1.82, 2.24) is 14.8 Å². The summed E-state index contributed by atoms with van der Waals surface area (Å²) in [5, 5.41) is 5.65. The SMILES string of the molecule is CC(C)CCNC(=O)[C@@H]1c2c(n(C)c3ccccc23)SCC(=O)N1Cc1ccccc1Cl. The number of aryl methyl sites for hydroxylation is 1. The number of fused-ring (bicyclic) bond motifs is 3. The van der Waals surface area contributed by atoms with Gasteiger partial charge in [-0.2, -0.15) is 0 Å². The molecular formula is C25H28ClN3O2S. The first kappa shape index (κ1) is 22.7. The summed E-state index contributed by atoms with van der Waals surface area (Å²) in [7, 11) is 2.00. The molecule has 4 rings (SSSR count). The molecule has 1 aromatic heterocycles. The molecule has 1 aliphatic heterocycles. The van der Waals surface area contributed by atoms with Crippen molar-refractivity contribution in [3.63, 3.8) is 0 Å². The summed E-state index contributed by atoms with van der Waals surface area (Å²) < 4.78 is 2.09. The molecule has 32 heavy (non-hydrogen) atoms. The predicted molar refractivity (Wildman–Crippen MR) is 131 cm³/mol. The van der Waals surface area contributed by atoms with Gasteiger partial charge in [-0.1, -0.05) is 73.6 Å². The number of nitrogens with zero attached hydrogens (tertiary/aromatic N) is 2. The van der Waals surface area contributed by atoms with E-state index >= 15 is 0 Å². The van der Waals surface area contributed by atoms with Crippen LogP contribution in [0.4, 0.5) is 0 Å². The third-order valence-corrected chi connectivity index (χ3v) is 7.42. The normalized spacial score (nSPS) is 16.3. The molecule has 0 bridgehead atoms. The monoisotopic (exact) mass is 469 g/mol. The molecule has 3 aromatic rings. The van der Waals surface area contributed by atoms with Gasteiger partial charge in [-0.3, -0.25) is 9.59 Å². The molecule has 1 aliphatic rings. The molecule has 0 saturated heterocycles. The number of halogens is 1. The lowest BCUT2D eigenvalue weighted by atomic mass is 10.0. The lowest BCUT2D eigenvalue weighted by molar-refractivity contribution is -0.139. The van der Waals surface area contributed by atoms with E-state index in [1.165, 1.54) is 11.8 Å². The van der Waals surface area contributed by atoms with E-state index in [4.69, 9.17) is 11.6 Å². The Morgan fingerprint density at radius 2 is 1.91 bits per heavy atom. The molecule has 0 aliphatic carbocycles. The molecule has 2 amide bonds. The van der Waals surface area contributed by atoms with Gasteiger partial charge in [-0.25, -0.2) is 0 Å². The summed E-state index contributed by atoms with van der Waals surface area (Å²) in [6.45, 7) is 5.12. The van der Waals surface area contributed by atoms with E-state index in [0.717, 1.165) is 33.5 Å². The topological polar surface area (TPSA) is 54.3 Å². The van der Waals surface area contributed by atoms with Crippen molar-refractivity contribution in [2.24, 2.45) is 13.0 Å². The molecule has 7 heteroatoms. The van der Waals surface area contributed by atoms with Gasteiger partial charge in [0.05, 0.1) is 10.8 Å². The zero-order chi connectivity index (χ0) is 22.8. The maximum Gasteiger partial charge on any atom is 0.247 e. The van der Waals surface area contributed by atoms with Gasteiger partial charge in [-0.15, -0.1) is 0 Å². The Morgan fingerprint density at radius 1 is 1.19 bits per heavy atom. The van der Waals surface area contributed by atoms with Gasteiger partial charge in [0.1, 0.15) is 6.04 Å². The number of nitrogens with one attached hydrogen (secondary N) is 1. The summed E-state index contributed by atoms with van der Waals surface area (Å²) in [6, 6.07) is 14.8. The average Bonchev–Trinajstić information content (AvgIpc) is 2.95. The summed E-state index contributed by atoms with van der Waals surface area (Å²) in [4.78, 5) is 28.6. The zero-order valence-corrected chi connectivity index (χ0v) is 20.2. The Labute approximate surface area is 198 Å². The summed E-state index contributed by atoms with van der Waals surface area (Å²) in [6.07, 6.45) is 0.883. The van der Waals surface area contributed by atoms with Crippen LogP contribution in [0.3, 0.4) is 0 Å². The number of aromatic nitrogens is 1. The van der Waals surface area contributed by atoms with E-state index in [1.54, 1.807) is 4.90 Å². The van der Waals surface area contributed by atoms with Crippen LogP contribution in [0.25, 0.3) is 10.9 Å². The lowest BCUT2D eigenvalue weighted by Crippen LogP contribution is -2.43. The van der Waals surface area contributed by atoms with Crippen molar-refractivity contribution in [2.45, 2.75) is 37.9 Å². The van der Waals surface area contributed by atoms with Crippen LogP contribution in [0.1, 0.15) is 37.4 Å². The fourth-order valence-corrected chi connectivity index (χ4v) is 5.48. The number of hydrogen-bond acceptors (Lipinski definition) is 3. The van der Waals surface area contributed by atoms with E-state index in [9.17, 15) is 9.59 Å². The Bertz CT molecular complexity index is 1160. The highest BCUT2D eigenvalue weighted by Gasteiger charge is 2.39. The van der Waals surface area contributed by atoms with Crippen molar-refractivity contribution in [3.8, 4) is 0 Å². The second-order valence-corrected chi connectivity index (χ2v) is 9.94. The summed E-state index contributed by atoms with van der Waals surface area (Å²) in [5.74, 6) is 0.538. The fourth-order valence-electron chi connectivity index (χ4n) is 4.19. The number of amides is 2. The molecule has 5 nitrogen and oxygen atoms in total. The number of thioether (sulfide) groups is 1. The first-order chi connectivity index (χ1) is 15.4. The predicted octanol–water partition coefficient (Wildman–Crippen LogP) is 5.17. The first-order valence-corrected chi connectivity index (χ1v) is 12.3. The maximum atomic E-state index is 13.6. The third kappa shape index (κ3) is 4.39. The fraction of sp³-hybridized carbons (Fsp3) is 0.360. The Morgan fingerprint density at radius 3 is 2.66 bits per heavy atom. The highest BCUT2D eigenvalue weighted by Crippen LogP contribution is 2.42. The highest BCUT2D eigenvalue weighted by molar-refractivity contribution is 8.00. The minimum Gasteiger partial charge on any atom is -0.354 e. The van der Waals surface area contributed by atoms with E-state index in [2.05, 4.69) is 29.8 Å². The number of benzene rings is 2. The molecule has 2 aromatic carbocycles. The zero-order valence-electron chi connectivity index (χ0n) is 18.6.